The Labute approximate surface area is 288 Å². The first-order valence-electron chi connectivity index (χ1n) is 20.6. The lowest BCUT2D eigenvalue weighted by molar-refractivity contribution is 0.234. The van der Waals surface area contributed by atoms with Gasteiger partial charge in [0.1, 0.15) is 0 Å². The summed E-state index contributed by atoms with van der Waals surface area (Å²) in [5.41, 5.74) is 1.28. The molecule has 0 bridgehead atoms. The molecule has 0 fully saturated rings. The van der Waals surface area contributed by atoms with Crippen molar-refractivity contribution < 1.29 is 14.2 Å². The van der Waals surface area contributed by atoms with Gasteiger partial charge in [-0.25, -0.2) is 0 Å². The van der Waals surface area contributed by atoms with Crippen molar-refractivity contribution >= 4 is 0 Å². The molecule has 0 saturated heterocycles. The van der Waals surface area contributed by atoms with E-state index in [-0.39, 0.29) is 0 Å². The lowest BCUT2D eigenvalue weighted by Crippen LogP contribution is -2.07. The zero-order chi connectivity index (χ0) is 33.2. The van der Waals surface area contributed by atoms with Gasteiger partial charge in [-0.05, 0) is 49.8 Å². The van der Waals surface area contributed by atoms with E-state index in [1.54, 1.807) is 0 Å². The zero-order valence-electron chi connectivity index (χ0n) is 31.4. The fraction of sp³-hybridized carbons (Fsp3) is 0.837. The second-order valence-corrected chi connectivity index (χ2v) is 13.9. The highest BCUT2D eigenvalue weighted by Crippen LogP contribution is 2.40. The Morgan fingerprint density at radius 1 is 0.391 bits per heavy atom. The minimum Gasteiger partial charge on any atom is -0.490 e. The van der Waals surface area contributed by atoms with Gasteiger partial charge in [0.05, 0.1) is 19.8 Å². The minimum absolute atomic E-state index is 0.733. The first kappa shape index (κ1) is 42.6. The molecule has 3 nitrogen and oxygen atoms in total. The summed E-state index contributed by atoms with van der Waals surface area (Å²) in [5, 5.41) is 0. The fourth-order valence-electron chi connectivity index (χ4n) is 6.24. The largest absolute Gasteiger partial charge is 0.490 e. The van der Waals surface area contributed by atoms with Crippen molar-refractivity contribution in [1.29, 1.82) is 0 Å². The highest BCUT2D eigenvalue weighted by Gasteiger charge is 2.16. The van der Waals surface area contributed by atoms with Crippen LogP contribution >= 0.6 is 0 Å². The number of aryl methyl sites for hydroxylation is 1. The quantitative estimate of drug-likeness (QED) is 0.0681. The summed E-state index contributed by atoms with van der Waals surface area (Å²) in [4.78, 5) is 0. The Bertz CT molecular complexity index is 715. The number of hydrogen-bond donors (Lipinski definition) is 0. The van der Waals surface area contributed by atoms with Crippen LogP contribution in [0.3, 0.4) is 0 Å². The second kappa shape index (κ2) is 33.5. The number of hydrogen-bond acceptors (Lipinski definition) is 3. The van der Waals surface area contributed by atoms with E-state index in [0.717, 1.165) is 75.6 Å². The summed E-state index contributed by atoms with van der Waals surface area (Å²) in [6, 6.07) is 4.45. The Kier molecular flexibility index (Phi) is 31.1. The van der Waals surface area contributed by atoms with Gasteiger partial charge in [0.15, 0.2) is 11.5 Å². The molecule has 0 amide bonds. The van der Waals surface area contributed by atoms with Crippen molar-refractivity contribution in [3.05, 3.63) is 24.6 Å². The molecule has 0 aliphatic heterocycles. The van der Waals surface area contributed by atoms with Crippen molar-refractivity contribution in [1.82, 2.24) is 0 Å². The van der Waals surface area contributed by atoms with Crippen molar-refractivity contribution in [3.63, 3.8) is 0 Å². The van der Waals surface area contributed by atoms with Crippen LogP contribution in [0.1, 0.15) is 213 Å². The predicted molar refractivity (Wildman–Crippen MR) is 203 cm³/mol. The highest BCUT2D eigenvalue weighted by molar-refractivity contribution is 5.54. The molecule has 269 valence electrons. The summed E-state index contributed by atoms with van der Waals surface area (Å²) in [6.07, 6.45) is 38.7. The van der Waals surface area contributed by atoms with E-state index in [0.29, 0.717) is 0 Å². The van der Waals surface area contributed by atoms with E-state index in [4.69, 9.17) is 14.2 Å². The molecule has 46 heavy (non-hydrogen) atoms. The number of benzene rings is 1. The molecular formula is C43H79O3. The standard InChI is InChI=1S/C43H79O3/c1-5-9-13-16-19-22-25-28-31-35-44-41-38-40(34-12-8-4)39-42(45-36-32-29-26-23-20-17-14-10-6-2)43(41)46-37-33-30-27-24-21-18-15-11-7-3/h38-39H,4-37H2,1-3H3. The molecule has 0 aliphatic rings. The van der Waals surface area contributed by atoms with Crippen LogP contribution < -0.4 is 14.2 Å². The molecule has 0 heterocycles. The lowest BCUT2D eigenvalue weighted by Gasteiger charge is -2.19. The van der Waals surface area contributed by atoms with Crippen LogP contribution in [0.2, 0.25) is 0 Å². The smallest absolute Gasteiger partial charge is 0.203 e. The zero-order valence-corrected chi connectivity index (χ0v) is 31.4. The van der Waals surface area contributed by atoms with E-state index in [2.05, 4.69) is 39.8 Å². The molecule has 1 rings (SSSR count). The normalized spacial score (nSPS) is 11.3. The molecule has 0 aliphatic carbocycles. The topological polar surface area (TPSA) is 27.7 Å². The van der Waals surface area contributed by atoms with Crippen LogP contribution in [-0.2, 0) is 6.42 Å². The Hall–Kier alpha value is -1.38. The maximum atomic E-state index is 6.51. The second-order valence-electron chi connectivity index (χ2n) is 13.9. The Balaban J connectivity index is 2.68. The third-order valence-corrected chi connectivity index (χ3v) is 9.30. The van der Waals surface area contributed by atoms with Crippen molar-refractivity contribution in [2.24, 2.45) is 0 Å². The number of unbranched alkanes of at least 4 members (excludes halogenated alkanes) is 25. The van der Waals surface area contributed by atoms with Crippen LogP contribution in [0.5, 0.6) is 17.2 Å². The average molecular weight is 644 g/mol. The van der Waals surface area contributed by atoms with Gasteiger partial charge in [0.2, 0.25) is 5.75 Å². The molecule has 1 aromatic rings. The fourth-order valence-corrected chi connectivity index (χ4v) is 6.24. The van der Waals surface area contributed by atoms with Gasteiger partial charge in [-0.2, -0.15) is 0 Å². The first-order valence-corrected chi connectivity index (χ1v) is 20.6. The molecule has 3 heteroatoms. The van der Waals surface area contributed by atoms with Crippen molar-refractivity contribution in [2.75, 3.05) is 19.8 Å². The molecule has 1 radical (unpaired) electrons. The van der Waals surface area contributed by atoms with Crippen LogP contribution in [0.25, 0.3) is 0 Å². The Morgan fingerprint density at radius 3 is 1.02 bits per heavy atom. The average Bonchev–Trinajstić information content (AvgIpc) is 3.07. The number of rotatable bonds is 36. The molecule has 0 unspecified atom stereocenters. The molecular weight excluding hydrogens is 564 g/mol. The first-order chi connectivity index (χ1) is 22.8. The summed E-state index contributed by atoms with van der Waals surface area (Å²) >= 11 is 0. The van der Waals surface area contributed by atoms with Gasteiger partial charge < -0.3 is 14.2 Å². The van der Waals surface area contributed by atoms with Crippen LogP contribution in [-0.4, -0.2) is 19.8 Å². The van der Waals surface area contributed by atoms with Gasteiger partial charge in [-0.15, -0.1) is 0 Å². The van der Waals surface area contributed by atoms with Gasteiger partial charge >= 0.3 is 0 Å². The molecule has 0 saturated carbocycles. The van der Waals surface area contributed by atoms with Crippen LogP contribution in [0.15, 0.2) is 12.1 Å². The van der Waals surface area contributed by atoms with E-state index < -0.39 is 0 Å². The van der Waals surface area contributed by atoms with Gasteiger partial charge in [-0.1, -0.05) is 188 Å². The third kappa shape index (κ3) is 24.7. The Morgan fingerprint density at radius 2 is 0.696 bits per heavy atom. The van der Waals surface area contributed by atoms with E-state index in [9.17, 15) is 0 Å². The molecule has 0 aromatic heterocycles. The summed E-state index contributed by atoms with van der Waals surface area (Å²) < 4.78 is 19.5. The van der Waals surface area contributed by atoms with E-state index >= 15 is 0 Å². The van der Waals surface area contributed by atoms with Crippen molar-refractivity contribution in [3.8, 4) is 17.2 Å². The molecule has 1 aromatic carbocycles. The highest BCUT2D eigenvalue weighted by atomic mass is 16.5. The SMILES string of the molecule is [CH2]CCCc1cc(OCCCCCCCCCCC)c(OCCCCCCCCCCC)c(OCCCCCCCCCCC)c1. The third-order valence-electron chi connectivity index (χ3n) is 9.30. The predicted octanol–water partition coefficient (Wildman–Crippen LogP) is 14.6. The summed E-state index contributed by atoms with van der Waals surface area (Å²) in [5.74, 6) is 2.61. The van der Waals surface area contributed by atoms with Gasteiger partial charge in [0.25, 0.3) is 0 Å². The van der Waals surface area contributed by atoms with Gasteiger partial charge in [-0.3, -0.25) is 0 Å². The molecule has 0 N–H and O–H groups in total. The summed E-state index contributed by atoms with van der Waals surface area (Å²) in [6.45, 7) is 13.2. The monoisotopic (exact) mass is 644 g/mol. The maximum Gasteiger partial charge on any atom is 0.203 e. The van der Waals surface area contributed by atoms with E-state index in [1.165, 1.54) is 160 Å². The van der Waals surface area contributed by atoms with Crippen LogP contribution in [0.4, 0.5) is 0 Å². The van der Waals surface area contributed by atoms with E-state index in [1.807, 2.05) is 0 Å². The van der Waals surface area contributed by atoms with Crippen molar-refractivity contribution in [2.45, 2.75) is 213 Å². The number of ether oxygens (including phenoxy) is 3. The molecule has 0 spiro atoms. The van der Waals surface area contributed by atoms with Crippen LogP contribution in [0, 0.1) is 6.92 Å². The lowest BCUT2D eigenvalue weighted by atomic mass is 10.1. The summed E-state index contributed by atoms with van der Waals surface area (Å²) in [7, 11) is 0. The van der Waals surface area contributed by atoms with Gasteiger partial charge in [0, 0.05) is 0 Å². The minimum atomic E-state index is 0.733. The molecule has 0 atom stereocenters. The maximum absolute atomic E-state index is 6.51.